The largest absolute Gasteiger partial charge is 0.416 e. The van der Waals surface area contributed by atoms with Crippen molar-refractivity contribution in [3.05, 3.63) is 59.2 Å². The number of Topliss-reactive ketones (excluding diaryl/α,β-unsaturated/α-hetero) is 3. The summed E-state index contributed by atoms with van der Waals surface area (Å²) in [7, 11) is 0. The van der Waals surface area contributed by atoms with Gasteiger partial charge in [-0.2, -0.15) is 26.3 Å². The molecular formula is C17H10F6N2O3. The van der Waals surface area contributed by atoms with Crippen LogP contribution < -0.4 is 0 Å². The first-order valence-corrected chi connectivity index (χ1v) is 7.52. The van der Waals surface area contributed by atoms with Crippen LogP contribution in [0.3, 0.4) is 0 Å². The molecule has 2 aromatic heterocycles. The Bertz CT molecular complexity index is 848. The maximum atomic E-state index is 12.6. The van der Waals surface area contributed by atoms with Crippen molar-refractivity contribution in [2.45, 2.75) is 25.2 Å². The average Bonchev–Trinajstić information content (AvgIpc) is 2.60. The molecule has 0 aromatic carbocycles. The number of aromatic nitrogens is 2. The summed E-state index contributed by atoms with van der Waals surface area (Å²) in [6.45, 7) is 0. The summed E-state index contributed by atoms with van der Waals surface area (Å²) in [4.78, 5) is 42.6. The first kappa shape index (κ1) is 21.2. The summed E-state index contributed by atoms with van der Waals surface area (Å²) >= 11 is 0. The zero-order valence-electron chi connectivity index (χ0n) is 13.8. The van der Waals surface area contributed by atoms with Gasteiger partial charge in [-0.3, -0.25) is 24.4 Å². The molecule has 2 rings (SSSR count). The van der Waals surface area contributed by atoms with Crippen LogP contribution in [0.2, 0.25) is 0 Å². The SMILES string of the molecule is O=C(CC(=O)c1cc(C(F)(F)F)ccn1)CC(=O)c1cc(C(F)(F)F)ccn1. The van der Waals surface area contributed by atoms with Gasteiger partial charge in [0, 0.05) is 12.4 Å². The number of alkyl halides is 6. The van der Waals surface area contributed by atoms with E-state index in [0.717, 1.165) is 12.4 Å². The number of hydrogen-bond acceptors (Lipinski definition) is 5. The summed E-state index contributed by atoms with van der Waals surface area (Å²) in [5.74, 6) is -3.10. The van der Waals surface area contributed by atoms with Crippen molar-refractivity contribution < 1.29 is 40.7 Å². The summed E-state index contributed by atoms with van der Waals surface area (Å²) < 4.78 is 75.8. The van der Waals surface area contributed by atoms with E-state index < -0.39 is 65.1 Å². The zero-order chi connectivity index (χ0) is 21.1. The molecule has 2 aromatic rings. The van der Waals surface area contributed by atoms with E-state index in [-0.39, 0.29) is 0 Å². The fourth-order valence-electron chi connectivity index (χ4n) is 2.12. The third-order valence-electron chi connectivity index (χ3n) is 3.46. The standard InChI is InChI=1S/C17H10F6N2O3/c18-16(19,20)9-1-3-24-12(5-9)14(27)7-11(26)8-15(28)13-6-10(2-4-25-13)17(21,22)23/h1-6H,7-8H2. The van der Waals surface area contributed by atoms with Crippen LogP contribution in [0.25, 0.3) is 0 Å². The Morgan fingerprint density at radius 3 is 1.39 bits per heavy atom. The molecule has 0 amide bonds. The van der Waals surface area contributed by atoms with Crippen molar-refractivity contribution in [3.8, 4) is 0 Å². The van der Waals surface area contributed by atoms with Crippen LogP contribution in [-0.4, -0.2) is 27.3 Å². The highest BCUT2D eigenvalue weighted by atomic mass is 19.4. The number of ketones is 3. The topological polar surface area (TPSA) is 77.0 Å². The lowest BCUT2D eigenvalue weighted by molar-refractivity contribution is -0.138. The minimum absolute atomic E-state index is 0.464. The summed E-state index contributed by atoms with van der Waals surface area (Å²) in [5, 5.41) is 0. The van der Waals surface area contributed by atoms with Crippen LogP contribution in [0.15, 0.2) is 36.7 Å². The van der Waals surface area contributed by atoms with E-state index in [4.69, 9.17) is 0 Å². The lowest BCUT2D eigenvalue weighted by atomic mass is 10.0. The number of pyridine rings is 2. The number of rotatable bonds is 6. The molecule has 0 radical (unpaired) electrons. The molecule has 5 nitrogen and oxygen atoms in total. The smallest absolute Gasteiger partial charge is 0.299 e. The summed E-state index contributed by atoms with van der Waals surface area (Å²) in [5.41, 5.74) is -3.51. The van der Waals surface area contributed by atoms with Crippen LogP contribution >= 0.6 is 0 Å². The van der Waals surface area contributed by atoms with Crippen LogP contribution in [0.4, 0.5) is 26.3 Å². The molecule has 28 heavy (non-hydrogen) atoms. The average molecular weight is 404 g/mol. The minimum Gasteiger partial charge on any atom is -0.299 e. The van der Waals surface area contributed by atoms with Crippen molar-refractivity contribution in [3.63, 3.8) is 0 Å². The first-order chi connectivity index (χ1) is 12.9. The Morgan fingerprint density at radius 1 is 0.714 bits per heavy atom. The van der Waals surface area contributed by atoms with Crippen LogP contribution in [0.1, 0.15) is 44.9 Å². The van der Waals surface area contributed by atoms with Crippen LogP contribution in [0, 0.1) is 0 Å². The number of nitrogens with zero attached hydrogens (tertiary/aromatic N) is 2. The second kappa shape index (κ2) is 7.87. The van der Waals surface area contributed by atoms with Crippen LogP contribution in [-0.2, 0) is 17.1 Å². The van der Waals surface area contributed by atoms with Gasteiger partial charge < -0.3 is 0 Å². The Balaban J connectivity index is 2.06. The molecule has 0 saturated carbocycles. The van der Waals surface area contributed by atoms with Crippen molar-refractivity contribution in [2.24, 2.45) is 0 Å². The molecule has 2 heterocycles. The zero-order valence-corrected chi connectivity index (χ0v) is 13.8. The van der Waals surface area contributed by atoms with E-state index >= 15 is 0 Å². The van der Waals surface area contributed by atoms with E-state index in [0.29, 0.717) is 24.3 Å². The molecule has 0 saturated heterocycles. The van der Waals surface area contributed by atoms with Gasteiger partial charge in [-0.05, 0) is 24.3 Å². The summed E-state index contributed by atoms with van der Waals surface area (Å²) in [6.07, 6.45) is -9.80. The van der Waals surface area contributed by atoms with Gasteiger partial charge in [-0.1, -0.05) is 0 Å². The fraction of sp³-hybridized carbons (Fsp3) is 0.235. The number of carbonyl (C=O) groups excluding carboxylic acids is 3. The second-order valence-electron chi connectivity index (χ2n) is 5.59. The Kier molecular flexibility index (Phi) is 5.95. The number of halogens is 6. The molecule has 0 atom stereocenters. The highest BCUT2D eigenvalue weighted by molar-refractivity contribution is 6.14. The molecule has 0 unspecified atom stereocenters. The molecule has 0 spiro atoms. The molecule has 0 aliphatic rings. The van der Waals surface area contributed by atoms with Gasteiger partial charge in [0.1, 0.15) is 17.2 Å². The molecule has 0 N–H and O–H groups in total. The van der Waals surface area contributed by atoms with Gasteiger partial charge in [0.2, 0.25) is 0 Å². The second-order valence-corrected chi connectivity index (χ2v) is 5.59. The number of carbonyl (C=O) groups is 3. The van der Waals surface area contributed by atoms with Crippen molar-refractivity contribution >= 4 is 17.3 Å². The fourth-order valence-corrected chi connectivity index (χ4v) is 2.12. The lowest BCUT2D eigenvalue weighted by Gasteiger charge is -2.08. The maximum Gasteiger partial charge on any atom is 0.416 e. The quantitative estimate of drug-likeness (QED) is 0.414. The van der Waals surface area contributed by atoms with Crippen molar-refractivity contribution in [1.29, 1.82) is 0 Å². The van der Waals surface area contributed by atoms with Gasteiger partial charge in [0.05, 0.1) is 24.0 Å². The van der Waals surface area contributed by atoms with Gasteiger partial charge in [-0.25, -0.2) is 0 Å². The minimum atomic E-state index is -4.72. The Hall–Kier alpha value is -3.11. The Labute approximate surface area is 153 Å². The van der Waals surface area contributed by atoms with E-state index in [2.05, 4.69) is 9.97 Å². The molecule has 148 valence electrons. The molecule has 0 aliphatic carbocycles. The molecule has 0 aliphatic heterocycles. The molecular weight excluding hydrogens is 394 g/mol. The van der Waals surface area contributed by atoms with E-state index in [9.17, 15) is 40.7 Å². The predicted octanol–water partition coefficient (Wildman–Crippen LogP) is 3.93. The highest BCUT2D eigenvalue weighted by Crippen LogP contribution is 2.30. The van der Waals surface area contributed by atoms with Crippen molar-refractivity contribution in [2.75, 3.05) is 0 Å². The lowest BCUT2D eigenvalue weighted by Crippen LogP contribution is -2.16. The van der Waals surface area contributed by atoms with E-state index in [1.807, 2.05) is 0 Å². The summed E-state index contributed by atoms with van der Waals surface area (Å²) in [6, 6.07) is 2.21. The molecule has 0 bridgehead atoms. The van der Waals surface area contributed by atoms with Gasteiger partial charge >= 0.3 is 12.4 Å². The third-order valence-corrected chi connectivity index (χ3v) is 3.46. The van der Waals surface area contributed by atoms with Crippen LogP contribution in [0.5, 0.6) is 0 Å². The van der Waals surface area contributed by atoms with Gasteiger partial charge in [0.15, 0.2) is 11.6 Å². The van der Waals surface area contributed by atoms with E-state index in [1.54, 1.807) is 0 Å². The number of hydrogen-bond donors (Lipinski definition) is 0. The monoisotopic (exact) mass is 404 g/mol. The molecule has 11 heteroatoms. The normalized spacial score (nSPS) is 11.9. The molecule has 0 fully saturated rings. The third kappa shape index (κ3) is 5.44. The maximum absolute atomic E-state index is 12.6. The van der Waals surface area contributed by atoms with E-state index in [1.165, 1.54) is 0 Å². The first-order valence-electron chi connectivity index (χ1n) is 7.52. The van der Waals surface area contributed by atoms with Gasteiger partial charge in [0.25, 0.3) is 0 Å². The predicted molar refractivity (Wildman–Crippen MR) is 81.4 cm³/mol. The highest BCUT2D eigenvalue weighted by Gasteiger charge is 2.32. The van der Waals surface area contributed by atoms with Crippen molar-refractivity contribution in [1.82, 2.24) is 9.97 Å². The Morgan fingerprint density at radius 2 is 1.07 bits per heavy atom. The van der Waals surface area contributed by atoms with Gasteiger partial charge in [-0.15, -0.1) is 0 Å².